The molecule has 0 atom stereocenters. The second-order valence-electron chi connectivity index (χ2n) is 6.48. The maximum atomic E-state index is 11.7. The number of allylic oxidation sites excluding steroid dienone is 3. The van der Waals surface area contributed by atoms with Gasteiger partial charge in [-0.2, -0.15) is 0 Å². The topological polar surface area (TPSA) is 82.2 Å². The Morgan fingerprint density at radius 2 is 2.12 bits per heavy atom. The van der Waals surface area contributed by atoms with Crippen molar-refractivity contribution in [3.05, 3.63) is 47.9 Å². The molecule has 2 heterocycles. The highest BCUT2D eigenvalue weighted by Crippen LogP contribution is 2.31. The molecule has 0 radical (unpaired) electrons. The summed E-state index contributed by atoms with van der Waals surface area (Å²) in [6, 6.07) is 5.73. The van der Waals surface area contributed by atoms with Crippen LogP contribution in [0.15, 0.2) is 52.9 Å². The van der Waals surface area contributed by atoms with Gasteiger partial charge in [-0.25, -0.2) is 9.51 Å². The molecule has 3 rings (SSSR count). The lowest BCUT2D eigenvalue weighted by atomic mass is 10.0. The molecule has 2 N–H and O–H groups in total. The number of carbonyl (C=O) groups is 1. The lowest BCUT2D eigenvalue weighted by molar-refractivity contribution is -0.111. The Bertz CT molecular complexity index is 921. The molecule has 0 saturated heterocycles. The average Bonchev–Trinajstić information content (AvgIpc) is 2.96. The number of anilines is 1. The second-order valence-corrected chi connectivity index (χ2v) is 6.48. The maximum absolute atomic E-state index is 11.7. The number of hydrogen-bond acceptors (Lipinski definition) is 6. The number of rotatable bonds is 6. The van der Waals surface area contributed by atoms with Crippen molar-refractivity contribution in [3.8, 4) is 0 Å². The first-order valence-corrected chi connectivity index (χ1v) is 8.54. The molecule has 7 nitrogen and oxygen atoms in total. The molecule has 0 unspecified atom stereocenters. The largest absolute Gasteiger partial charge is 0.505 e. The number of aliphatic hydroxyl groups excluding tert-OH is 1. The molecule has 136 valence electrons. The van der Waals surface area contributed by atoms with Crippen LogP contribution < -0.4 is 5.32 Å². The van der Waals surface area contributed by atoms with Crippen LogP contribution >= 0.6 is 0 Å². The minimum absolute atomic E-state index is 0.0914. The van der Waals surface area contributed by atoms with Crippen LogP contribution in [0.1, 0.15) is 13.3 Å². The number of fused-ring (bicyclic) bond motifs is 1. The molecule has 0 aromatic carbocycles. The van der Waals surface area contributed by atoms with Gasteiger partial charge in [-0.05, 0) is 58.3 Å². The maximum Gasteiger partial charge on any atom is 0.185 e. The quantitative estimate of drug-likeness (QED) is 0.616. The summed E-state index contributed by atoms with van der Waals surface area (Å²) in [7, 11) is 4.08. The fraction of sp³-hybridized carbons (Fsp3) is 0.316. The third-order valence-electron chi connectivity index (χ3n) is 4.18. The van der Waals surface area contributed by atoms with Gasteiger partial charge in [-0.15, -0.1) is 5.10 Å². The van der Waals surface area contributed by atoms with Gasteiger partial charge in [0, 0.05) is 18.3 Å². The Balaban J connectivity index is 1.96. The molecule has 1 aliphatic rings. The molecule has 2 aromatic rings. The summed E-state index contributed by atoms with van der Waals surface area (Å²) in [5, 5.41) is 18.1. The van der Waals surface area contributed by atoms with Crippen LogP contribution in [0.3, 0.4) is 0 Å². The number of aromatic nitrogens is 2. The highest BCUT2D eigenvalue weighted by molar-refractivity contribution is 6.21. The first kappa shape index (κ1) is 17.9. The van der Waals surface area contributed by atoms with Crippen molar-refractivity contribution in [2.45, 2.75) is 13.3 Å². The Morgan fingerprint density at radius 1 is 1.31 bits per heavy atom. The van der Waals surface area contributed by atoms with Gasteiger partial charge in [-0.1, -0.05) is 6.07 Å². The van der Waals surface area contributed by atoms with Crippen molar-refractivity contribution < 1.29 is 9.90 Å². The van der Waals surface area contributed by atoms with Gasteiger partial charge >= 0.3 is 0 Å². The highest BCUT2D eigenvalue weighted by atomic mass is 16.3. The minimum atomic E-state index is -0.205. The lowest BCUT2D eigenvalue weighted by Gasteiger charge is -2.11. The molecule has 1 aliphatic carbocycles. The van der Waals surface area contributed by atoms with Crippen molar-refractivity contribution in [1.82, 2.24) is 14.5 Å². The molecule has 0 fully saturated rings. The van der Waals surface area contributed by atoms with Crippen molar-refractivity contribution in [2.24, 2.45) is 4.99 Å². The van der Waals surface area contributed by atoms with Gasteiger partial charge < -0.3 is 15.3 Å². The number of ketones is 1. The highest BCUT2D eigenvalue weighted by Gasteiger charge is 2.19. The van der Waals surface area contributed by atoms with Crippen LogP contribution in [-0.4, -0.2) is 58.3 Å². The number of aliphatic hydroxyl groups is 1. The Kier molecular flexibility index (Phi) is 5.18. The fourth-order valence-corrected chi connectivity index (χ4v) is 2.70. The zero-order valence-electron chi connectivity index (χ0n) is 15.2. The molecule has 0 bridgehead atoms. The molecule has 0 saturated carbocycles. The molecular weight excluding hydrogens is 330 g/mol. The van der Waals surface area contributed by atoms with Crippen LogP contribution in [0.25, 0.3) is 5.52 Å². The minimum Gasteiger partial charge on any atom is -0.505 e. The average molecular weight is 353 g/mol. The number of nitrogens with one attached hydrogen (secondary N) is 1. The molecule has 7 heteroatoms. The molecule has 2 aromatic heterocycles. The van der Waals surface area contributed by atoms with E-state index in [-0.39, 0.29) is 11.5 Å². The third-order valence-corrected chi connectivity index (χ3v) is 4.18. The lowest BCUT2D eigenvalue weighted by Crippen LogP contribution is -2.16. The predicted octanol–water partition coefficient (Wildman–Crippen LogP) is 2.74. The van der Waals surface area contributed by atoms with Gasteiger partial charge in [0.2, 0.25) is 0 Å². The summed E-state index contributed by atoms with van der Waals surface area (Å²) < 4.78 is 1.75. The van der Waals surface area contributed by atoms with Crippen LogP contribution in [0.5, 0.6) is 0 Å². The molecule has 0 aliphatic heterocycles. The first-order valence-electron chi connectivity index (χ1n) is 8.54. The predicted molar refractivity (Wildman–Crippen MR) is 103 cm³/mol. The first-order chi connectivity index (χ1) is 12.5. The van der Waals surface area contributed by atoms with E-state index >= 15 is 0 Å². The van der Waals surface area contributed by atoms with Crippen molar-refractivity contribution in [1.29, 1.82) is 0 Å². The van der Waals surface area contributed by atoms with Crippen LogP contribution in [0.2, 0.25) is 0 Å². The van der Waals surface area contributed by atoms with Gasteiger partial charge in [0.15, 0.2) is 11.6 Å². The van der Waals surface area contributed by atoms with Crippen LogP contribution in [0, 0.1) is 0 Å². The van der Waals surface area contributed by atoms with Crippen LogP contribution in [-0.2, 0) is 4.79 Å². The normalized spacial score (nSPS) is 16.3. The van der Waals surface area contributed by atoms with Gasteiger partial charge in [0.25, 0.3) is 0 Å². The van der Waals surface area contributed by atoms with Gasteiger partial charge in [0.05, 0.1) is 5.52 Å². The van der Waals surface area contributed by atoms with E-state index in [4.69, 9.17) is 0 Å². The number of nitrogens with zero attached hydrogens (tertiary/aromatic N) is 4. The zero-order valence-corrected chi connectivity index (χ0v) is 15.2. The van der Waals surface area contributed by atoms with Gasteiger partial charge in [0.1, 0.15) is 17.2 Å². The molecule has 0 spiro atoms. The van der Waals surface area contributed by atoms with E-state index < -0.39 is 0 Å². The van der Waals surface area contributed by atoms with E-state index in [1.54, 1.807) is 11.4 Å². The second kappa shape index (κ2) is 7.53. The van der Waals surface area contributed by atoms with E-state index in [9.17, 15) is 9.90 Å². The van der Waals surface area contributed by atoms with E-state index in [1.807, 2.05) is 38.5 Å². The van der Waals surface area contributed by atoms with E-state index in [0.29, 0.717) is 22.8 Å². The third kappa shape index (κ3) is 3.67. The molecule has 26 heavy (non-hydrogen) atoms. The smallest absolute Gasteiger partial charge is 0.185 e. The Morgan fingerprint density at radius 3 is 2.88 bits per heavy atom. The van der Waals surface area contributed by atoms with Gasteiger partial charge in [-0.3, -0.25) is 4.79 Å². The molecular formula is C19H23N5O2. The SMILES string of the molecule is CC1=C(O)C(=Nc2c(NCCCN(C)C)nn3ccccc23)C=CC1=O. The van der Waals surface area contributed by atoms with Crippen molar-refractivity contribution in [2.75, 3.05) is 32.5 Å². The summed E-state index contributed by atoms with van der Waals surface area (Å²) >= 11 is 0. The van der Waals surface area contributed by atoms with E-state index in [1.165, 1.54) is 12.2 Å². The fourth-order valence-electron chi connectivity index (χ4n) is 2.70. The summed E-state index contributed by atoms with van der Waals surface area (Å²) in [6.45, 7) is 3.32. The Hall–Kier alpha value is -2.93. The van der Waals surface area contributed by atoms with Crippen LogP contribution in [0.4, 0.5) is 11.5 Å². The standard InChI is InChI=1S/C19H23N5O2/c1-13-16(25)9-8-14(18(13)26)21-17-15-7-4-5-12-24(15)22-19(17)20-10-6-11-23(2)3/h4-5,7-9,12,26H,6,10-11H2,1-3H3,(H,20,22). The van der Waals surface area contributed by atoms with Crippen molar-refractivity contribution >= 4 is 28.5 Å². The summed E-state index contributed by atoms with van der Waals surface area (Å²) in [5.74, 6) is 0.355. The monoisotopic (exact) mass is 353 g/mol. The van der Waals surface area contributed by atoms with E-state index in [0.717, 1.165) is 25.0 Å². The summed E-state index contributed by atoms with van der Waals surface area (Å²) in [4.78, 5) is 18.4. The number of aliphatic imine (C=N–C) groups is 1. The number of carbonyl (C=O) groups excluding carboxylic acids is 1. The Labute approximate surface area is 152 Å². The zero-order chi connectivity index (χ0) is 18.7. The van der Waals surface area contributed by atoms with E-state index in [2.05, 4.69) is 20.3 Å². The summed E-state index contributed by atoms with van der Waals surface area (Å²) in [5.41, 5.74) is 2.12. The van der Waals surface area contributed by atoms with Crippen molar-refractivity contribution in [3.63, 3.8) is 0 Å². The number of hydrogen-bond donors (Lipinski definition) is 2. The summed E-state index contributed by atoms with van der Waals surface area (Å²) in [6.07, 6.45) is 5.78. The molecule has 0 amide bonds. The number of pyridine rings is 1.